The van der Waals surface area contributed by atoms with Gasteiger partial charge in [-0.15, -0.1) is 23.5 Å². The Labute approximate surface area is 264 Å². The topological polar surface area (TPSA) is 114 Å². The molecule has 0 amide bonds. The molecule has 234 valence electrons. The number of carbonyl (C=O) groups is 4. The van der Waals surface area contributed by atoms with Gasteiger partial charge in [-0.2, -0.15) is 0 Å². The molecule has 0 aliphatic heterocycles. The molecule has 0 aromatic carbocycles. The lowest BCUT2D eigenvalue weighted by Gasteiger charge is -2.09. The minimum absolute atomic E-state index is 0.168. The zero-order valence-electron chi connectivity index (χ0n) is 25.7. The fourth-order valence-electron chi connectivity index (χ4n) is 4.83. The van der Waals surface area contributed by atoms with Crippen LogP contribution in [-0.2, 0) is 18.9 Å². The fourth-order valence-corrected chi connectivity index (χ4v) is 7.20. The number of pyridine rings is 2. The molecule has 0 unspecified atom stereocenters. The maximum absolute atomic E-state index is 13.2. The molecule has 10 nitrogen and oxygen atoms in total. The molecule has 0 atom stereocenters. The van der Waals surface area contributed by atoms with E-state index in [2.05, 4.69) is 0 Å². The number of rotatable bonds is 13. The van der Waals surface area contributed by atoms with Crippen molar-refractivity contribution in [2.24, 2.45) is 0 Å². The molecule has 0 spiro atoms. The van der Waals surface area contributed by atoms with E-state index in [9.17, 15) is 19.2 Å². The molecule has 4 rings (SSSR count). The zero-order valence-corrected chi connectivity index (χ0v) is 27.3. The number of nitrogens with zero attached hydrogens (tertiary/aromatic N) is 2. The number of hydrogen-bond donors (Lipinski definition) is 0. The van der Waals surface area contributed by atoms with E-state index in [0.29, 0.717) is 32.3 Å². The van der Waals surface area contributed by atoms with Gasteiger partial charge in [0.25, 0.3) is 0 Å². The van der Waals surface area contributed by atoms with Crippen LogP contribution in [0.4, 0.5) is 0 Å². The summed E-state index contributed by atoms with van der Waals surface area (Å²) in [6.45, 7) is 11.4. The molecule has 44 heavy (non-hydrogen) atoms. The standard InChI is InChI=1S/C32H36N2O8S2/c1-7-39-29(35)23-21-17-19(5)11-13-33(21)25(31(37)41-9-3)27(23)43-15-16-44-28-24(30(36)40-8-2)22-18-20(6)12-14-34(22)26(28)32(38)42-10-4/h11-14,17-18H,7-10,15-16H2,1-6H3. The van der Waals surface area contributed by atoms with E-state index in [1.165, 1.54) is 23.5 Å². The molecule has 0 radical (unpaired) electrons. The summed E-state index contributed by atoms with van der Waals surface area (Å²) in [5.74, 6) is -1.36. The SMILES string of the molecule is CCOC(=O)c1c(SCCSc2c(C(=O)OCC)c3cc(C)ccn3c2C(=O)OCC)c(C(=O)OCC)n2ccc(C)cc12. The van der Waals surface area contributed by atoms with Crippen molar-refractivity contribution in [1.29, 1.82) is 0 Å². The van der Waals surface area contributed by atoms with Crippen molar-refractivity contribution in [2.45, 2.75) is 51.3 Å². The Bertz CT molecular complexity index is 1600. The molecule has 0 aliphatic rings. The summed E-state index contributed by atoms with van der Waals surface area (Å²) in [6, 6.07) is 7.37. The number of carbonyl (C=O) groups excluding carboxylic acids is 4. The van der Waals surface area contributed by atoms with Gasteiger partial charge in [0.05, 0.1) is 58.4 Å². The van der Waals surface area contributed by atoms with Crippen LogP contribution in [0.3, 0.4) is 0 Å². The number of hydrogen-bond acceptors (Lipinski definition) is 10. The summed E-state index contributed by atoms with van der Waals surface area (Å²) in [6.07, 6.45) is 3.48. The number of aryl methyl sites for hydroxylation is 2. The quantitative estimate of drug-likeness (QED) is 0.0704. The summed E-state index contributed by atoms with van der Waals surface area (Å²) in [4.78, 5) is 53.7. The van der Waals surface area contributed by atoms with Crippen molar-refractivity contribution in [3.05, 3.63) is 70.3 Å². The summed E-state index contributed by atoms with van der Waals surface area (Å²) >= 11 is 2.62. The van der Waals surface area contributed by atoms with Crippen LogP contribution in [0.1, 0.15) is 80.5 Å². The van der Waals surface area contributed by atoms with Crippen LogP contribution in [0.2, 0.25) is 0 Å². The Hall–Kier alpha value is -3.90. The average Bonchev–Trinajstić information content (AvgIpc) is 3.47. The minimum Gasteiger partial charge on any atom is -0.462 e. The molecule has 0 aliphatic carbocycles. The summed E-state index contributed by atoms with van der Waals surface area (Å²) < 4.78 is 24.8. The minimum atomic E-state index is -0.555. The van der Waals surface area contributed by atoms with Crippen LogP contribution < -0.4 is 0 Å². The van der Waals surface area contributed by atoms with Crippen molar-refractivity contribution >= 4 is 58.4 Å². The maximum atomic E-state index is 13.2. The van der Waals surface area contributed by atoms with E-state index in [4.69, 9.17) is 18.9 Å². The molecular formula is C32H36N2O8S2. The predicted octanol–water partition coefficient (Wildman–Crippen LogP) is 6.40. The highest BCUT2D eigenvalue weighted by Crippen LogP contribution is 2.38. The van der Waals surface area contributed by atoms with E-state index < -0.39 is 23.9 Å². The van der Waals surface area contributed by atoms with Gasteiger partial charge in [0.15, 0.2) is 0 Å². The Balaban J connectivity index is 1.76. The van der Waals surface area contributed by atoms with Gasteiger partial charge in [-0.3, -0.25) is 0 Å². The molecule has 12 heteroatoms. The van der Waals surface area contributed by atoms with Gasteiger partial charge in [-0.25, -0.2) is 19.2 Å². The van der Waals surface area contributed by atoms with Gasteiger partial charge in [0.1, 0.15) is 11.4 Å². The predicted molar refractivity (Wildman–Crippen MR) is 170 cm³/mol. The van der Waals surface area contributed by atoms with Crippen LogP contribution in [0.15, 0.2) is 46.5 Å². The number of esters is 4. The second-order valence-electron chi connectivity index (χ2n) is 9.60. The molecule has 4 aromatic heterocycles. The molecule has 0 N–H and O–H groups in total. The van der Waals surface area contributed by atoms with Crippen LogP contribution in [-0.4, -0.2) is 70.6 Å². The van der Waals surface area contributed by atoms with E-state index >= 15 is 0 Å². The Kier molecular flexibility index (Phi) is 11.0. The van der Waals surface area contributed by atoms with Gasteiger partial charge in [-0.1, -0.05) is 0 Å². The third kappa shape index (κ3) is 6.61. The highest BCUT2D eigenvalue weighted by Gasteiger charge is 2.31. The lowest BCUT2D eigenvalue weighted by atomic mass is 10.2. The Morgan fingerprint density at radius 2 is 0.932 bits per heavy atom. The van der Waals surface area contributed by atoms with E-state index in [0.717, 1.165) is 11.1 Å². The third-order valence-electron chi connectivity index (χ3n) is 6.57. The first kappa shape index (κ1) is 33.0. The van der Waals surface area contributed by atoms with E-state index in [1.54, 1.807) is 48.9 Å². The molecule has 0 fully saturated rings. The first-order valence-electron chi connectivity index (χ1n) is 14.4. The highest BCUT2D eigenvalue weighted by atomic mass is 32.2. The normalized spacial score (nSPS) is 11.1. The van der Waals surface area contributed by atoms with E-state index in [1.807, 2.05) is 38.1 Å². The van der Waals surface area contributed by atoms with Crippen LogP contribution in [0.5, 0.6) is 0 Å². The van der Waals surface area contributed by atoms with Crippen molar-refractivity contribution in [2.75, 3.05) is 37.9 Å². The Morgan fingerprint density at radius 1 is 0.591 bits per heavy atom. The number of thioether (sulfide) groups is 2. The fraction of sp³-hybridized carbons (Fsp3) is 0.375. The molecule has 0 saturated carbocycles. The van der Waals surface area contributed by atoms with Gasteiger partial charge >= 0.3 is 23.9 Å². The second-order valence-corrected chi connectivity index (χ2v) is 11.8. The number of fused-ring (bicyclic) bond motifs is 2. The molecule has 0 bridgehead atoms. The molecule has 0 saturated heterocycles. The van der Waals surface area contributed by atoms with Gasteiger partial charge in [0, 0.05) is 23.9 Å². The van der Waals surface area contributed by atoms with E-state index in [-0.39, 0.29) is 48.9 Å². The van der Waals surface area contributed by atoms with Crippen molar-refractivity contribution in [1.82, 2.24) is 8.80 Å². The van der Waals surface area contributed by atoms with Crippen LogP contribution in [0, 0.1) is 13.8 Å². The largest absolute Gasteiger partial charge is 0.462 e. The highest BCUT2D eigenvalue weighted by molar-refractivity contribution is 8.03. The number of ether oxygens (including phenoxy) is 4. The van der Waals surface area contributed by atoms with Gasteiger partial charge < -0.3 is 27.7 Å². The lowest BCUT2D eigenvalue weighted by molar-refractivity contribution is 0.0498. The van der Waals surface area contributed by atoms with Crippen LogP contribution >= 0.6 is 23.5 Å². The molecular weight excluding hydrogens is 604 g/mol. The van der Waals surface area contributed by atoms with Crippen molar-refractivity contribution in [3.63, 3.8) is 0 Å². The van der Waals surface area contributed by atoms with Crippen molar-refractivity contribution in [3.8, 4) is 0 Å². The third-order valence-corrected chi connectivity index (χ3v) is 9.02. The second kappa shape index (κ2) is 14.7. The van der Waals surface area contributed by atoms with Crippen LogP contribution in [0.25, 0.3) is 11.0 Å². The Morgan fingerprint density at radius 3 is 1.27 bits per heavy atom. The first-order chi connectivity index (χ1) is 21.2. The van der Waals surface area contributed by atoms with Gasteiger partial charge in [0.2, 0.25) is 0 Å². The maximum Gasteiger partial charge on any atom is 0.356 e. The zero-order chi connectivity index (χ0) is 32.0. The first-order valence-corrected chi connectivity index (χ1v) is 16.4. The molecule has 4 heterocycles. The average molecular weight is 641 g/mol. The van der Waals surface area contributed by atoms with Gasteiger partial charge in [-0.05, 0) is 76.9 Å². The number of aromatic nitrogens is 2. The summed E-state index contributed by atoms with van der Waals surface area (Å²) in [5, 5.41) is 0. The molecule has 4 aromatic rings. The summed E-state index contributed by atoms with van der Waals surface area (Å²) in [7, 11) is 0. The lowest BCUT2D eigenvalue weighted by Crippen LogP contribution is -2.11. The van der Waals surface area contributed by atoms with Crippen molar-refractivity contribution < 1.29 is 38.1 Å². The monoisotopic (exact) mass is 640 g/mol. The smallest absolute Gasteiger partial charge is 0.356 e. The summed E-state index contributed by atoms with van der Waals surface area (Å²) in [5.41, 5.74) is 3.98.